The zero-order valence-electron chi connectivity index (χ0n) is 15.8. The summed E-state index contributed by atoms with van der Waals surface area (Å²) in [5, 5.41) is 4.39. The highest BCUT2D eigenvalue weighted by molar-refractivity contribution is 6.13. The third-order valence-electron chi connectivity index (χ3n) is 8.30. The topological polar surface area (TPSA) is 55.7 Å². The fraction of sp³-hybridized carbons (Fsp3) is 0.857. The molecular weight excluding hydrogens is 314 g/mol. The number of oxime groups is 1. The van der Waals surface area contributed by atoms with E-state index in [9.17, 15) is 9.59 Å². The van der Waals surface area contributed by atoms with Gasteiger partial charge in [0.05, 0.1) is 5.71 Å². The van der Waals surface area contributed by atoms with Crippen molar-refractivity contribution in [1.29, 1.82) is 0 Å². The maximum absolute atomic E-state index is 12.8. The van der Waals surface area contributed by atoms with Crippen molar-refractivity contribution in [1.82, 2.24) is 0 Å². The quantitative estimate of drug-likeness (QED) is 0.706. The van der Waals surface area contributed by atoms with Crippen LogP contribution in [0.5, 0.6) is 0 Å². The summed E-state index contributed by atoms with van der Waals surface area (Å²) < 4.78 is 0. The molecule has 4 rings (SSSR count). The van der Waals surface area contributed by atoms with Crippen molar-refractivity contribution in [3.63, 3.8) is 0 Å². The molecule has 4 saturated carbocycles. The molecule has 4 aliphatic carbocycles. The molecule has 4 nitrogen and oxygen atoms in total. The average molecular weight is 345 g/mol. The highest BCUT2D eigenvalue weighted by Gasteiger charge is 2.62. The van der Waals surface area contributed by atoms with Crippen LogP contribution in [0.4, 0.5) is 0 Å². The van der Waals surface area contributed by atoms with E-state index < -0.39 is 0 Å². The molecule has 0 heterocycles. The smallest absolute Gasteiger partial charge is 0.145 e. The second-order valence-electron chi connectivity index (χ2n) is 9.33. The second kappa shape index (κ2) is 5.92. The Morgan fingerprint density at radius 1 is 1.16 bits per heavy atom. The normalized spacial score (nSPS) is 48.0. The standard InChI is InChI=1S/C21H31NO3/c1-4-25-22-17-12-18(24)21(3)10-8-16-15(19(17)21)6-5-13-11-14(23)7-9-20(13,16)2/h13,15-16,19H,4-12H2,1-3H3/t13-,15+,16-,19+,20-,21+/m0/s1. The first-order valence-electron chi connectivity index (χ1n) is 10.1. The lowest BCUT2D eigenvalue weighted by Crippen LogP contribution is -2.54. The molecule has 4 fully saturated rings. The minimum atomic E-state index is -0.245. The zero-order valence-corrected chi connectivity index (χ0v) is 15.8. The Hall–Kier alpha value is -1.19. The molecule has 0 aromatic carbocycles. The number of nitrogens with zero attached hydrogens (tertiary/aromatic N) is 1. The van der Waals surface area contributed by atoms with Crippen LogP contribution in [0.3, 0.4) is 0 Å². The van der Waals surface area contributed by atoms with E-state index in [1.54, 1.807) is 0 Å². The van der Waals surface area contributed by atoms with Crippen molar-refractivity contribution in [3.8, 4) is 0 Å². The summed E-state index contributed by atoms with van der Waals surface area (Å²) in [6.07, 6.45) is 7.40. The number of fused-ring (bicyclic) bond motifs is 5. The second-order valence-corrected chi connectivity index (χ2v) is 9.33. The molecule has 0 saturated heterocycles. The lowest BCUT2D eigenvalue weighted by molar-refractivity contribution is -0.142. The van der Waals surface area contributed by atoms with Crippen LogP contribution < -0.4 is 0 Å². The minimum absolute atomic E-state index is 0.245. The van der Waals surface area contributed by atoms with Crippen LogP contribution >= 0.6 is 0 Å². The molecule has 0 unspecified atom stereocenters. The average Bonchev–Trinajstić information content (AvgIpc) is 2.84. The first-order valence-corrected chi connectivity index (χ1v) is 10.1. The van der Waals surface area contributed by atoms with Gasteiger partial charge in [0, 0.05) is 30.6 Å². The monoisotopic (exact) mass is 345 g/mol. The number of carbonyl (C=O) groups is 2. The molecule has 0 bridgehead atoms. The summed E-state index contributed by atoms with van der Waals surface area (Å²) in [7, 11) is 0. The fourth-order valence-corrected chi connectivity index (χ4v) is 6.89. The molecule has 0 radical (unpaired) electrons. The van der Waals surface area contributed by atoms with Gasteiger partial charge in [-0.15, -0.1) is 0 Å². The molecule has 4 aliphatic rings. The highest BCUT2D eigenvalue weighted by Crippen LogP contribution is 2.64. The Morgan fingerprint density at radius 3 is 2.72 bits per heavy atom. The first kappa shape index (κ1) is 17.2. The Morgan fingerprint density at radius 2 is 1.96 bits per heavy atom. The van der Waals surface area contributed by atoms with Crippen molar-refractivity contribution in [2.75, 3.05) is 6.61 Å². The molecule has 25 heavy (non-hydrogen) atoms. The highest BCUT2D eigenvalue weighted by atomic mass is 16.6. The van der Waals surface area contributed by atoms with Crippen LogP contribution in [-0.2, 0) is 14.4 Å². The van der Waals surface area contributed by atoms with Gasteiger partial charge in [0.2, 0.25) is 0 Å². The molecular formula is C21H31NO3. The molecule has 0 amide bonds. The summed E-state index contributed by atoms with van der Waals surface area (Å²) >= 11 is 0. The zero-order chi connectivity index (χ0) is 17.8. The number of ketones is 2. The number of hydrogen-bond acceptors (Lipinski definition) is 4. The van der Waals surface area contributed by atoms with Gasteiger partial charge < -0.3 is 4.84 Å². The van der Waals surface area contributed by atoms with Gasteiger partial charge in [-0.05, 0) is 62.2 Å². The Bertz CT molecular complexity index is 627. The maximum Gasteiger partial charge on any atom is 0.145 e. The van der Waals surface area contributed by atoms with Gasteiger partial charge in [-0.3, -0.25) is 9.59 Å². The molecule has 0 spiro atoms. The van der Waals surface area contributed by atoms with E-state index in [0.717, 1.165) is 50.7 Å². The molecule has 0 aliphatic heterocycles. The number of carbonyl (C=O) groups excluding carboxylic acids is 2. The molecule has 138 valence electrons. The van der Waals surface area contributed by atoms with Gasteiger partial charge in [0.15, 0.2) is 0 Å². The summed E-state index contributed by atoms with van der Waals surface area (Å²) in [6, 6.07) is 0. The van der Waals surface area contributed by atoms with Gasteiger partial charge in [0.1, 0.15) is 18.2 Å². The largest absolute Gasteiger partial charge is 0.396 e. The van der Waals surface area contributed by atoms with E-state index in [-0.39, 0.29) is 16.7 Å². The third kappa shape index (κ3) is 2.43. The Labute approximate surface area is 150 Å². The van der Waals surface area contributed by atoms with E-state index >= 15 is 0 Å². The van der Waals surface area contributed by atoms with E-state index in [1.165, 1.54) is 0 Å². The van der Waals surface area contributed by atoms with Crippen molar-refractivity contribution >= 4 is 17.3 Å². The summed E-state index contributed by atoms with van der Waals surface area (Å²) in [4.78, 5) is 30.2. The molecule has 4 heteroatoms. The van der Waals surface area contributed by atoms with Gasteiger partial charge >= 0.3 is 0 Å². The van der Waals surface area contributed by atoms with Gasteiger partial charge in [-0.2, -0.15) is 0 Å². The fourth-order valence-electron chi connectivity index (χ4n) is 6.89. The van der Waals surface area contributed by atoms with Crippen molar-refractivity contribution in [2.45, 2.75) is 72.1 Å². The molecule has 6 atom stereocenters. The van der Waals surface area contributed by atoms with Crippen LogP contribution in [-0.4, -0.2) is 23.9 Å². The predicted octanol–water partition coefficient (Wildman–Crippen LogP) is 4.17. The summed E-state index contributed by atoms with van der Waals surface area (Å²) in [6.45, 7) is 7.09. The summed E-state index contributed by atoms with van der Waals surface area (Å²) in [5.41, 5.74) is 1.02. The molecule has 0 N–H and O–H groups in total. The summed E-state index contributed by atoms with van der Waals surface area (Å²) in [5.74, 6) is 2.76. The number of hydrogen-bond donors (Lipinski definition) is 0. The predicted molar refractivity (Wildman–Crippen MR) is 96.2 cm³/mol. The van der Waals surface area contributed by atoms with Gasteiger partial charge in [-0.1, -0.05) is 19.0 Å². The Balaban J connectivity index is 1.68. The van der Waals surface area contributed by atoms with Crippen LogP contribution in [0.15, 0.2) is 5.16 Å². The van der Waals surface area contributed by atoms with Crippen molar-refractivity contribution in [3.05, 3.63) is 0 Å². The number of rotatable bonds is 2. The van der Waals surface area contributed by atoms with Crippen molar-refractivity contribution < 1.29 is 14.4 Å². The van der Waals surface area contributed by atoms with E-state index in [0.29, 0.717) is 42.3 Å². The third-order valence-corrected chi connectivity index (χ3v) is 8.30. The van der Waals surface area contributed by atoms with E-state index in [2.05, 4.69) is 19.0 Å². The van der Waals surface area contributed by atoms with Gasteiger partial charge in [0.25, 0.3) is 0 Å². The lowest BCUT2D eigenvalue weighted by Gasteiger charge is -2.59. The van der Waals surface area contributed by atoms with Crippen LogP contribution in [0.2, 0.25) is 0 Å². The molecule has 0 aromatic heterocycles. The SMILES string of the molecule is CCON=C1CC(=O)[C@@]2(C)CC[C@H]3[C@@H](CC[C@H]4CC(=O)CC[C@@]43C)[C@H]12. The Kier molecular flexibility index (Phi) is 4.08. The van der Waals surface area contributed by atoms with E-state index in [1.807, 2.05) is 6.92 Å². The van der Waals surface area contributed by atoms with Crippen LogP contribution in [0.1, 0.15) is 72.1 Å². The maximum atomic E-state index is 12.8. The van der Waals surface area contributed by atoms with Crippen LogP contribution in [0.25, 0.3) is 0 Å². The number of Topliss-reactive ketones (excluding diaryl/α,β-unsaturated/α-hetero) is 2. The van der Waals surface area contributed by atoms with Crippen LogP contribution in [0, 0.1) is 34.5 Å². The lowest BCUT2D eigenvalue weighted by atomic mass is 9.45. The first-order chi connectivity index (χ1) is 11.9. The van der Waals surface area contributed by atoms with Crippen molar-refractivity contribution in [2.24, 2.45) is 39.7 Å². The van der Waals surface area contributed by atoms with Gasteiger partial charge in [-0.25, -0.2) is 0 Å². The van der Waals surface area contributed by atoms with E-state index in [4.69, 9.17) is 4.84 Å². The minimum Gasteiger partial charge on any atom is -0.396 e. The molecule has 0 aromatic rings.